The molecule has 0 aliphatic heterocycles. The van der Waals surface area contributed by atoms with Crippen molar-refractivity contribution in [2.24, 2.45) is 5.92 Å². The molecular formula is C15H23FN2S. The quantitative estimate of drug-likeness (QED) is 0.760. The van der Waals surface area contributed by atoms with Gasteiger partial charge in [0.25, 0.3) is 0 Å². The second-order valence-electron chi connectivity index (χ2n) is 5.33. The van der Waals surface area contributed by atoms with Gasteiger partial charge in [0.1, 0.15) is 5.82 Å². The minimum absolute atomic E-state index is 0.244. The molecule has 0 bridgehead atoms. The van der Waals surface area contributed by atoms with Crippen LogP contribution in [0.15, 0.2) is 24.3 Å². The first kappa shape index (κ1) is 15.9. The standard InChI is InChI=1S/C15H23FN2S/c1-11(2)5-4-6-12(3)17-15(19)18-14-9-7-13(16)8-10-14/h7-12H,4-6H2,1-3H3,(H2,17,18,19). The Balaban J connectivity index is 2.28. The summed E-state index contributed by atoms with van der Waals surface area (Å²) in [7, 11) is 0. The van der Waals surface area contributed by atoms with Crippen molar-refractivity contribution in [3.05, 3.63) is 30.1 Å². The molecule has 0 heterocycles. The Bertz CT molecular complexity index is 390. The van der Waals surface area contributed by atoms with E-state index < -0.39 is 0 Å². The van der Waals surface area contributed by atoms with Crippen molar-refractivity contribution >= 4 is 23.0 Å². The molecule has 19 heavy (non-hydrogen) atoms. The zero-order valence-electron chi connectivity index (χ0n) is 11.9. The molecule has 106 valence electrons. The number of anilines is 1. The normalized spacial score (nSPS) is 12.3. The maximum absolute atomic E-state index is 12.8. The Morgan fingerprint density at radius 1 is 1.16 bits per heavy atom. The van der Waals surface area contributed by atoms with Crippen molar-refractivity contribution < 1.29 is 4.39 Å². The maximum atomic E-state index is 12.8. The van der Waals surface area contributed by atoms with Gasteiger partial charge in [0.05, 0.1) is 0 Å². The van der Waals surface area contributed by atoms with E-state index in [1.54, 1.807) is 12.1 Å². The molecule has 0 fully saturated rings. The molecule has 0 aromatic heterocycles. The van der Waals surface area contributed by atoms with E-state index >= 15 is 0 Å². The fourth-order valence-corrected chi connectivity index (χ4v) is 2.15. The number of thiocarbonyl (C=S) groups is 1. The van der Waals surface area contributed by atoms with E-state index in [0.717, 1.165) is 18.0 Å². The smallest absolute Gasteiger partial charge is 0.170 e. The molecule has 4 heteroatoms. The van der Waals surface area contributed by atoms with Gasteiger partial charge in [-0.05, 0) is 55.7 Å². The van der Waals surface area contributed by atoms with Crippen LogP contribution in [0.5, 0.6) is 0 Å². The van der Waals surface area contributed by atoms with Crippen molar-refractivity contribution in [3.63, 3.8) is 0 Å². The Hall–Kier alpha value is -1.16. The largest absolute Gasteiger partial charge is 0.360 e. The molecule has 1 atom stereocenters. The highest BCUT2D eigenvalue weighted by atomic mass is 32.1. The summed E-state index contributed by atoms with van der Waals surface area (Å²) < 4.78 is 12.8. The van der Waals surface area contributed by atoms with Gasteiger partial charge in [-0.25, -0.2) is 4.39 Å². The number of rotatable bonds is 6. The zero-order valence-corrected chi connectivity index (χ0v) is 12.7. The molecule has 2 nitrogen and oxygen atoms in total. The summed E-state index contributed by atoms with van der Waals surface area (Å²) in [6.07, 6.45) is 3.54. The molecule has 0 saturated heterocycles. The van der Waals surface area contributed by atoms with Crippen LogP contribution in [-0.4, -0.2) is 11.2 Å². The molecule has 1 aromatic rings. The van der Waals surface area contributed by atoms with Gasteiger partial charge in [-0.2, -0.15) is 0 Å². The van der Waals surface area contributed by atoms with Crippen molar-refractivity contribution in [2.45, 2.75) is 46.1 Å². The highest BCUT2D eigenvalue weighted by molar-refractivity contribution is 7.80. The lowest BCUT2D eigenvalue weighted by Crippen LogP contribution is -2.35. The van der Waals surface area contributed by atoms with Crippen molar-refractivity contribution in [1.29, 1.82) is 0 Å². The molecule has 0 spiro atoms. The first-order valence-electron chi connectivity index (χ1n) is 6.80. The monoisotopic (exact) mass is 282 g/mol. The average Bonchev–Trinajstić information content (AvgIpc) is 2.31. The van der Waals surface area contributed by atoms with Crippen LogP contribution in [0, 0.1) is 11.7 Å². The van der Waals surface area contributed by atoms with Gasteiger partial charge in [0.2, 0.25) is 0 Å². The number of halogens is 1. The van der Waals surface area contributed by atoms with E-state index in [2.05, 4.69) is 31.4 Å². The van der Waals surface area contributed by atoms with Gasteiger partial charge in [-0.1, -0.05) is 26.7 Å². The molecule has 1 unspecified atom stereocenters. The van der Waals surface area contributed by atoms with Gasteiger partial charge in [0.15, 0.2) is 5.11 Å². The van der Waals surface area contributed by atoms with E-state index in [-0.39, 0.29) is 5.82 Å². The van der Waals surface area contributed by atoms with Crippen LogP contribution < -0.4 is 10.6 Å². The van der Waals surface area contributed by atoms with E-state index in [0.29, 0.717) is 11.2 Å². The predicted octanol–water partition coefficient (Wildman–Crippen LogP) is 4.33. The van der Waals surface area contributed by atoms with Crippen molar-refractivity contribution in [1.82, 2.24) is 5.32 Å². The third-order valence-electron chi connectivity index (χ3n) is 2.90. The number of benzene rings is 1. The second kappa shape index (κ2) is 8.10. The van der Waals surface area contributed by atoms with Crippen molar-refractivity contribution in [2.75, 3.05) is 5.32 Å². The van der Waals surface area contributed by atoms with Gasteiger partial charge in [-0.3, -0.25) is 0 Å². The van der Waals surface area contributed by atoms with Crippen LogP contribution in [0.2, 0.25) is 0 Å². The molecule has 1 rings (SSSR count). The lowest BCUT2D eigenvalue weighted by atomic mass is 10.0. The minimum Gasteiger partial charge on any atom is -0.360 e. The topological polar surface area (TPSA) is 24.1 Å². The fourth-order valence-electron chi connectivity index (χ4n) is 1.83. The van der Waals surface area contributed by atoms with Gasteiger partial charge < -0.3 is 10.6 Å². The fraction of sp³-hybridized carbons (Fsp3) is 0.533. The third-order valence-corrected chi connectivity index (χ3v) is 3.12. The highest BCUT2D eigenvalue weighted by Crippen LogP contribution is 2.10. The number of hydrogen-bond donors (Lipinski definition) is 2. The van der Waals surface area contributed by atoms with Crippen LogP contribution in [0.3, 0.4) is 0 Å². The maximum Gasteiger partial charge on any atom is 0.170 e. The van der Waals surface area contributed by atoms with Crippen LogP contribution in [0.1, 0.15) is 40.0 Å². The summed E-state index contributed by atoms with van der Waals surface area (Å²) >= 11 is 5.23. The third kappa shape index (κ3) is 7.11. The van der Waals surface area contributed by atoms with E-state index in [4.69, 9.17) is 12.2 Å². The first-order valence-corrected chi connectivity index (χ1v) is 7.21. The lowest BCUT2D eigenvalue weighted by Gasteiger charge is -2.17. The van der Waals surface area contributed by atoms with E-state index in [1.807, 2.05) is 0 Å². The van der Waals surface area contributed by atoms with Crippen LogP contribution in [0.25, 0.3) is 0 Å². The summed E-state index contributed by atoms with van der Waals surface area (Å²) in [5, 5.41) is 6.88. The molecule has 2 N–H and O–H groups in total. The Kier molecular flexibility index (Phi) is 6.78. The lowest BCUT2D eigenvalue weighted by molar-refractivity contribution is 0.495. The SMILES string of the molecule is CC(C)CCCC(C)NC(=S)Nc1ccc(F)cc1. The predicted molar refractivity (Wildman–Crippen MR) is 83.9 cm³/mol. The number of hydrogen-bond acceptors (Lipinski definition) is 1. The summed E-state index contributed by atoms with van der Waals surface area (Å²) in [5.74, 6) is 0.503. The second-order valence-corrected chi connectivity index (χ2v) is 5.74. The molecule has 0 amide bonds. The zero-order chi connectivity index (χ0) is 14.3. The first-order chi connectivity index (χ1) is 8.97. The highest BCUT2D eigenvalue weighted by Gasteiger charge is 2.05. The molecular weight excluding hydrogens is 259 g/mol. The minimum atomic E-state index is -0.244. The van der Waals surface area contributed by atoms with Gasteiger partial charge in [0, 0.05) is 11.7 Å². The molecule has 0 radical (unpaired) electrons. The number of nitrogens with one attached hydrogen (secondary N) is 2. The molecule has 0 aliphatic carbocycles. The summed E-state index contributed by atoms with van der Waals surface area (Å²) in [5.41, 5.74) is 0.799. The Labute approximate surface area is 120 Å². The van der Waals surface area contributed by atoms with Crippen molar-refractivity contribution in [3.8, 4) is 0 Å². The van der Waals surface area contributed by atoms with E-state index in [9.17, 15) is 4.39 Å². The van der Waals surface area contributed by atoms with Gasteiger partial charge >= 0.3 is 0 Å². The summed E-state index contributed by atoms with van der Waals surface area (Å²) in [4.78, 5) is 0. The molecule has 1 aromatic carbocycles. The Morgan fingerprint density at radius 3 is 2.37 bits per heavy atom. The molecule has 0 aliphatic rings. The Morgan fingerprint density at radius 2 is 1.79 bits per heavy atom. The van der Waals surface area contributed by atoms with Crippen LogP contribution in [0.4, 0.5) is 10.1 Å². The summed E-state index contributed by atoms with van der Waals surface area (Å²) in [6.45, 7) is 6.59. The van der Waals surface area contributed by atoms with E-state index in [1.165, 1.54) is 25.0 Å². The van der Waals surface area contributed by atoms with Crippen LogP contribution >= 0.6 is 12.2 Å². The average molecular weight is 282 g/mol. The van der Waals surface area contributed by atoms with Crippen LogP contribution in [-0.2, 0) is 0 Å². The van der Waals surface area contributed by atoms with Gasteiger partial charge in [-0.15, -0.1) is 0 Å². The summed E-state index contributed by atoms with van der Waals surface area (Å²) in [6, 6.07) is 6.52. The molecule has 0 saturated carbocycles.